The molecule has 22 nitrogen and oxygen atoms in total. The van der Waals surface area contributed by atoms with Crippen molar-refractivity contribution in [2.75, 3.05) is 19.6 Å². The van der Waals surface area contributed by atoms with Crippen molar-refractivity contribution in [1.29, 1.82) is 0 Å². The fraction of sp³-hybridized carbons (Fsp3) is 0.492. The Balaban J connectivity index is 1.38. The van der Waals surface area contributed by atoms with Crippen molar-refractivity contribution in [2.24, 2.45) is 34.8 Å². The van der Waals surface area contributed by atoms with Gasteiger partial charge < -0.3 is 70.6 Å². The normalized spacial score (nSPS) is 14.3. The maximum absolute atomic E-state index is 14.1. The van der Waals surface area contributed by atoms with Gasteiger partial charge in [0.25, 0.3) is 0 Å². The van der Waals surface area contributed by atoms with Crippen LogP contribution in [0.4, 0.5) is 0 Å². The summed E-state index contributed by atoms with van der Waals surface area (Å²) in [6, 6.07) is 26.5. The molecule has 9 atom stereocenters. The van der Waals surface area contributed by atoms with E-state index in [1.54, 1.807) is 24.3 Å². The second-order valence-electron chi connectivity index (χ2n) is 23.0. The van der Waals surface area contributed by atoms with Crippen molar-refractivity contribution in [2.45, 2.75) is 172 Å². The van der Waals surface area contributed by atoms with Crippen LogP contribution < -0.4 is 65.5 Å². The Kier molecular flexibility index (Phi) is 31.9. The van der Waals surface area contributed by atoms with Gasteiger partial charge in [0, 0.05) is 19.4 Å². The molecule has 0 fully saturated rings. The lowest BCUT2D eigenvalue weighted by atomic mass is 9.99. The number of rotatable bonds is 40. The molecule has 474 valence electrons. The molecule has 0 saturated heterocycles. The van der Waals surface area contributed by atoms with E-state index in [0.29, 0.717) is 19.4 Å². The summed E-state index contributed by atoms with van der Waals surface area (Å²) in [6.07, 6.45) is 3.07. The standard InChI is InChI=1S/C65H94N12O10/c1-42(2)36-53(76-63(84)55(40-46-26-13-7-14-27-46)74-57(78)48(68)38-44-22-9-5-10-23-44)61(82)71-50(30-17-19-33-66)59(80)70-35-20-18-31-52(65(86)87)73-60(81)51(32-21-34-67)72-62(83)54(37-43(3)4)77-64(85)56(41-47-28-15-8-16-29-47)75-58(79)49(69)39-45-24-11-6-12-25-45/h5-16,22-29,42-43,48-56H,17-21,30-41,66-69H2,1-4H3,(H,70,80)(H,71,82)(H,72,83)(H,73,81)(H,74,78)(H,75,79)(H,76,84)(H,77,85)(H,86,87)/t48-,49-,50-,51-,52-,53-,54-,55-,56-/m1/s1. The number of carboxylic acid groups (broad SMARTS) is 1. The van der Waals surface area contributed by atoms with Gasteiger partial charge in [-0.25, -0.2) is 4.79 Å². The lowest BCUT2D eigenvalue weighted by molar-refractivity contribution is -0.142. The smallest absolute Gasteiger partial charge is 0.326 e. The lowest BCUT2D eigenvalue weighted by Gasteiger charge is -2.27. The molecule has 87 heavy (non-hydrogen) atoms. The Morgan fingerprint density at radius 1 is 0.356 bits per heavy atom. The quantitative estimate of drug-likeness (QED) is 0.0285. The maximum Gasteiger partial charge on any atom is 0.326 e. The van der Waals surface area contributed by atoms with Crippen LogP contribution in [-0.4, -0.2) is 132 Å². The number of unbranched alkanes of at least 4 members (excludes halogenated alkanes) is 2. The molecule has 4 rings (SSSR count). The van der Waals surface area contributed by atoms with Gasteiger partial charge in [-0.15, -0.1) is 0 Å². The predicted octanol–water partition coefficient (Wildman–Crippen LogP) is 2.34. The van der Waals surface area contributed by atoms with Crippen LogP contribution in [-0.2, 0) is 68.8 Å². The largest absolute Gasteiger partial charge is 0.480 e. The van der Waals surface area contributed by atoms with Crippen molar-refractivity contribution >= 4 is 53.2 Å². The SMILES string of the molecule is CC(C)C[C@@H](NC(=O)[C@@H](Cc1ccccc1)NC(=O)[C@H](N)Cc1ccccc1)C(=O)N[C@H](CCCCN)C(=O)NCCCC[C@@H](NC(=O)[C@@H](CCCN)NC(=O)[C@@H](CC(C)C)NC(=O)[C@@H](Cc1ccccc1)NC(=O)[C@H](N)Cc1ccccc1)C(=O)O. The minimum atomic E-state index is -1.39. The third-order valence-electron chi connectivity index (χ3n) is 14.5. The number of nitrogens with two attached hydrogens (primary N) is 4. The van der Waals surface area contributed by atoms with Crippen LogP contribution in [0.1, 0.15) is 114 Å². The average molecular weight is 1200 g/mol. The van der Waals surface area contributed by atoms with Crippen molar-refractivity contribution in [3.63, 3.8) is 0 Å². The third-order valence-corrected chi connectivity index (χ3v) is 14.5. The minimum Gasteiger partial charge on any atom is -0.480 e. The monoisotopic (exact) mass is 1200 g/mol. The van der Waals surface area contributed by atoms with E-state index in [1.807, 2.05) is 125 Å². The molecule has 4 aromatic rings. The molecular formula is C65H94N12O10. The van der Waals surface area contributed by atoms with Crippen LogP contribution in [0.15, 0.2) is 121 Å². The number of hydrogen-bond acceptors (Lipinski definition) is 13. The first-order valence-corrected chi connectivity index (χ1v) is 30.4. The number of carbonyl (C=O) groups excluding carboxylic acids is 8. The van der Waals surface area contributed by atoms with Gasteiger partial charge in [-0.2, -0.15) is 0 Å². The second kappa shape index (κ2) is 38.9. The van der Waals surface area contributed by atoms with E-state index >= 15 is 0 Å². The highest BCUT2D eigenvalue weighted by atomic mass is 16.4. The molecule has 0 saturated carbocycles. The van der Waals surface area contributed by atoms with Crippen LogP contribution in [0, 0.1) is 11.8 Å². The zero-order valence-electron chi connectivity index (χ0n) is 50.8. The highest BCUT2D eigenvalue weighted by Gasteiger charge is 2.34. The molecule has 0 aliphatic carbocycles. The van der Waals surface area contributed by atoms with Crippen molar-refractivity contribution in [1.82, 2.24) is 42.5 Å². The van der Waals surface area contributed by atoms with Gasteiger partial charge in [-0.05, 0) is 124 Å². The Morgan fingerprint density at radius 3 is 1.03 bits per heavy atom. The molecule has 0 radical (unpaired) electrons. The highest BCUT2D eigenvalue weighted by Crippen LogP contribution is 2.14. The number of benzene rings is 4. The molecule has 0 bridgehead atoms. The van der Waals surface area contributed by atoms with Gasteiger partial charge in [0.15, 0.2) is 0 Å². The van der Waals surface area contributed by atoms with Gasteiger partial charge in [0.1, 0.15) is 42.3 Å². The minimum absolute atomic E-state index is 0.0477. The first-order valence-electron chi connectivity index (χ1n) is 30.4. The molecule has 0 spiro atoms. The zero-order valence-corrected chi connectivity index (χ0v) is 50.8. The van der Waals surface area contributed by atoms with Crippen molar-refractivity contribution in [3.05, 3.63) is 144 Å². The average Bonchev–Trinajstić information content (AvgIpc) is 3.70. The fourth-order valence-electron chi connectivity index (χ4n) is 9.78. The maximum atomic E-state index is 14.1. The summed E-state index contributed by atoms with van der Waals surface area (Å²) in [6.45, 7) is 8.06. The van der Waals surface area contributed by atoms with E-state index in [1.165, 1.54) is 0 Å². The number of aliphatic carboxylic acids is 1. The van der Waals surface area contributed by atoms with E-state index in [0.717, 1.165) is 22.3 Å². The molecule has 8 amide bonds. The van der Waals surface area contributed by atoms with E-state index in [9.17, 15) is 48.3 Å². The second-order valence-corrected chi connectivity index (χ2v) is 23.0. The molecule has 0 aliphatic rings. The fourth-order valence-corrected chi connectivity index (χ4v) is 9.78. The number of nitrogens with one attached hydrogen (secondary N) is 8. The number of carboxylic acids is 1. The predicted molar refractivity (Wildman–Crippen MR) is 335 cm³/mol. The summed E-state index contributed by atoms with van der Waals surface area (Å²) in [5.41, 5.74) is 27.4. The van der Waals surface area contributed by atoms with E-state index in [-0.39, 0.29) is 102 Å². The molecule has 22 heteroatoms. The third kappa shape index (κ3) is 27.0. The van der Waals surface area contributed by atoms with Crippen molar-refractivity contribution < 1.29 is 48.3 Å². The number of carbonyl (C=O) groups is 9. The highest BCUT2D eigenvalue weighted by molar-refractivity contribution is 5.97. The molecule has 0 heterocycles. The summed E-state index contributed by atoms with van der Waals surface area (Å²) >= 11 is 0. The molecule has 4 aromatic carbocycles. The van der Waals surface area contributed by atoms with Crippen LogP contribution in [0.5, 0.6) is 0 Å². The Bertz CT molecular complexity index is 2760. The summed E-state index contributed by atoms with van der Waals surface area (Å²) in [5.74, 6) is -6.49. The van der Waals surface area contributed by atoms with Crippen LogP contribution in [0.25, 0.3) is 0 Å². The summed E-state index contributed by atoms with van der Waals surface area (Å²) in [5, 5.41) is 32.4. The van der Waals surface area contributed by atoms with Crippen LogP contribution >= 0.6 is 0 Å². The van der Waals surface area contributed by atoms with Gasteiger partial charge in [-0.3, -0.25) is 38.4 Å². The molecular weight excluding hydrogens is 1110 g/mol. The van der Waals surface area contributed by atoms with E-state index in [2.05, 4.69) is 42.5 Å². The summed E-state index contributed by atoms with van der Waals surface area (Å²) in [7, 11) is 0. The molecule has 0 unspecified atom stereocenters. The van der Waals surface area contributed by atoms with Crippen LogP contribution in [0.2, 0.25) is 0 Å². The van der Waals surface area contributed by atoms with E-state index in [4.69, 9.17) is 22.9 Å². The molecule has 17 N–H and O–H groups in total. The topological polar surface area (TPSA) is 374 Å². The van der Waals surface area contributed by atoms with Crippen molar-refractivity contribution in [3.8, 4) is 0 Å². The van der Waals surface area contributed by atoms with Gasteiger partial charge in [0.05, 0.1) is 12.1 Å². The molecule has 0 aromatic heterocycles. The van der Waals surface area contributed by atoms with Gasteiger partial charge in [0.2, 0.25) is 47.3 Å². The first-order chi connectivity index (χ1) is 41.7. The first kappa shape index (κ1) is 71.4. The van der Waals surface area contributed by atoms with Gasteiger partial charge >= 0.3 is 5.97 Å². The lowest BCUT2D eigenvalue weighted by Crippen LogP contribution is -2.59. The summed E-state index contributed by atoms with van der Waals surface area (Å²) in [4.78, 5) is 124. The zero-order chi connectivity index (χ0) is 63.7. The number of hydrogen-bond donors (Lipinski definition) is 13. The Labute approximate surface area is 512 Å². The van der Waals surface area contributed by atoms with Gasteiger partial charge in [-0.1, -0.05) is 149 Å². The van der Waals surface area contributed by atoms with E-state index < -0.39 is 108 Å². The number of amides is 8. The van der Waals surface area contributed by atoms with Crippen LogP contribution in [0.3, 0.4) is 0 Å². The summed E-state index contributed by atoms with van der Waals surface area (Å²) < 4.78 is 0. The molecule has 0 aliphatic heterocycles. The Morgan fingerprint density at radius 2 is 0.655 bits per heavy atom. The Hall–Kier alpha value is -8.05.